The van der Waals surface area contributed by atoms with E-state index < -0.39 is 6.04 Å². The number of nitrogens with one attached hydrogen (secondary N) is 1. The Bertz CT molecular complexity index is 874. The van der Waals surface area contributed by atoms with Crippen LogP contribution in [0.3, 0.4) is 0 Å². The molecule has 2 aromatic rings. The Morgan fingerprint density at radius 2 is 1.81 bits per heavy atom. The molecule has 8 heteroatoms. The van der Waals surface area contributed by atoms with Gasteiger partial charge in [0.15, 0.2) is 5.11 Å². The van der Waals surface area contributed by atoms with Gasteiger partial charge in [-0.1, -0.05) is 23.7 Å². The van der Waals surface area contributed by atoms with E-state index in [2.05, 4.69) is 5.32 Å². The van der Waals surface area contributed by atoms with Crippen molar-refractivity contribution in [3.05, 3.63) is 64.9 Å². The lowest BCUT2D eigenvalue weighted by Gasteiger charge is -2.23. The molecule has 0 aromatic heterocycles. The first-order valence-electron chi connectivity index (χ1n) is 8.23. The van der Waals surface area contributed by atoms with E-state index in [1.165, 1.54) is 29.2 Å². The largest absolute Gasteiger partial charge is 0.332 e. The summed E-state index contributed by atoms with van der Waals surface area (Å²) in [6.45, 7) is 0.389. The molecule has 0 saturated carbocycles. The molecule has 1 saturated heterocycles. The SMILES string of the molecule is CN1C(=O)C(CC(=O)Nc2ccc(F)cc2)N(Cc2ccc(Cl)cc2)C1=S. The lowest BCUT2D eigenvalue weighted by molar-refractivity contribution is -0.130. The molecule has 1 N–H and O–H groups in total. The second kappa shape index (κ2) is 8.02. The van der Waals surface area contributed by atoms with Crippen molar-refractivity contribution >= 4 is 46.4 Å². The van der Waals surface area contributed by atoms with Gasteiger partial charge in [-0.3, -0.25) is 14.5 Å². The van der Waals surface area contributed by atoms with Crippen molar-refractivity contribution in [2.24, 2.45) is 0 Å². The van der Waals surface area contributed by atoms with Crippen molar-refractivity contribution < 1.29 is 14.0 Å². The first-order chi connectivity index (χ1) is 12.8. The van der Waals surface area contributed by atoms with E-state index in [0.717, 1.165) is 5.56 Å². The number of amides is 2. The zero-order chi connectivity index (χ0) is 19.6. The van der Waals surface area contributed by atoms with E-state index in [1.807, 2.05) is 12.1 Å². The fourth-order valence-electron chi connectivity index (χ4n) is 2.86. The number of thiocarbonyl (C=S) groups is 1. The number of anilines is 1. The average molecular weight is 406 g/mol. The molecule has 0 aliphatic carbocycles. The second-order valence-electron chi connectivity index (χ2n) is 6.21. The highest BCUT2D eigenvalue weighted by Gasteiger charge is 2.41. The molecule has 1 atom stereocenters. The summed E-state index contributed by atoms with van der Waals surface area (Å²) in [6, 6.07) is 12.0. The summed E-state index contributed by atoms with van der Waals surface area (Å²) < 4.78 is 13.0. The molecule has 2 aromatic carbocycles. The molecule has 27 heavy (non-hydrogen) atoms. The van der Waals surface area contributed by atoms with Crippen LogP contribution < -0.4 is 5.32 Å². The zero-order valence-electron chi connectivity index (χ0n) is 14.5. The Hall–Kier alpha value is -2.51. The van der Waals surface area contributed by atoms with Gasteiger partial charge in [-0.15, -0.1) is 0 Å². The zero-order valence-corrected chi connectivity index (χ0v) is 16.1. The van der Waals surface area contributed by atoms with Gasteiger partial charge in [-0.25, -0.2) is 4.39 Å². The number of carbonyl (C=O) groups excluding carboxylic acids is 2. The number of hydrogen-bond acceptors (Lipinski definition) is 3. The Labute approximate surface area is 166 Å². The van der Waals surface area contributed by atoms with Crippen LogP contribution in [0.15, 0.2) is 48.5 Å². The number of likely N-dealkylation sites (N-methyl/N-ethyl adjacent to an activating group) is 1. The van der Waals surface area contributed by atoms with E-state index in [9.17, 15) is 14.0 Å². The first kappa shape index (κ1) is 19.3. The fraction of sp³-hybridized carbons (Fsp3) is 0.211. The molecular formula is C19H17ClFN3O2S. The molecule has 1 unspecified atom stereocenters. The quantitative estimate of drug-likeness (QED) is 0.774. The summed E-state index contributed by atoms with van der Waals surface area (Å²) in [7, 11) is 1.59. The van der Waals surface area contributed by atoms with Gasteiger partial charge >= 0.3 is 0 Å². The Balaban J connectivity index is 1.72. The minimum absolute atomic E-state index is 0.0612. The standard InChI is InChI=1S/C19H17ClFN3O2S/c1-23-18(26)16(10-17(25)22-15-8-6-14(21)7-9-15)24(19(23)27)11-12-2-4-13(20)5-3-12/h2-9,16H,10-11H2,1H3,(H,22,25). The third-order valence-electron chi connectivity index (χ3n) is 4.30. The molecule has 140 valence electrons. The molecule has 1 aliphatic rings. The van der Waals surface area contributed by atoms with Crippen molar-refractivity contribution in [3.8, 4) is 0 Å². The van der Waals surface area contributed by atoms with Crippen LogP contribution in [0, 0.1) is 5.82 Å². The Morgan fingerprint density at radius 1 is 1.19 bits per heavy atom. The maximum absolute atomic E-state index is 13.0. The van der Waals surface area contributed by atoms with Crippen molar-refractivity contribution in [1.29, 1.82) is 0 Å². The van der Waals surface area contributed by atoms with E-state index >= 15 is 0 Å². The molecule has 5 nitrogen and oxygen atoms in total. The van der Waals surface area contributed by atoms with Crippen molar-refractivity contribution in [2.45, 2.75) is 19.0 Å². The molecule has 2 amide bonds. The summed E-state index contributed by atoms with van der Waals surface area (Å²) in [5, 5.41) is 3.66. The summed E-state index contributed by atoms with van der Waals surface area (Å²) in [6.07, 6.45) is -0.0612. The van der Waals surface area contributed by atoms with Gasteiger partial charge in [0.1, 0.15) is 11.9 Å². The van der Waals surface area contributed by atoms with Gasteiger partial charge in [0.2, 0.25) is 5.91 Å². The van der Waals surface area contributed by atoms with E-state index in [-0.39, 0.29) is 24.1 Å². The molecule has 0 bridgehead atoms. The van der Waals surface area contributed by atoms with Crippen LogP contribution in [0.5, 0.6) is 0 Å². The summed E-state index contributed by atoms with van der Waals surface area (Å²) in [5.74, 6) is -0.970. The average Bonchev–Trinajstić information content (AvgIpc) is 2.83. The van der Waals surface area contributed by atoms with Crippen LogP contribution in [-0.4, -0.2) is 39.8 Å². The molecule has 1 heterocycles. The number of nitrogens with zero attached hydrogens (tertiary/aromatic N) is 2. The second-order valence-corrected chi connectivity index (χ2v) is 7.01. The lowest BCUT2D eigenvalue weighted by Crippen LogP contribution is -2.37. The summed E-state index contributed by atoms with van der Waals surface area (Å²) >= 11 is 11.3. The lowest BCUT2D eigenvalue weighted by atomic mass is 10.1. The van der Waals surface area contributed by atoms with Crippen LogP contribution in [0.1, 0.15) is 12.0 Å². The van der Waals surface area contributed by atoms with Crippen molar-refractivity contribution in [1.82, 2.24) is 9.80 Å². The minimum Gasteiger partial charge on any atom is -0.332 e. The first-order valence-corrected chi connectivity index (χ1v) is 9.02. The minimum atomic E-state index is -0.696. The van der Waals surface area contributed by atoms with Gasteiger partial charge in [0.05, 0.1) is 6.42 Å². The number of carbonyl (C=O) groups is 2. The highest BCUT2D eigenvalue weighted by atomic mass is 35.5. The molecule has 3 rings (SSSR count). The van der Waals surface area contributed by atoms with Crippen LogP contribution in [0.25, 0.3) is 0 Å². The number of hydrogen-bond donors (Lipinski definition) is 1. The maximum Gasteiger partial charge on any atom is 0.251 e. The van der Waals surface area contributed by atoms with Crippen molar-refractivity contribution in [2.75, 3.05) is 12.4 Å². The molecule has 0 spiro atoms. The van der Waals surface area contributed by atoms with Crippen LogP contribution >= 0.6 is 23.8 Å². The molecule has 0 radical (unpaired) electrons. The predicted octanol–water partition coefficient (Wildman–Crippen LogP) is 3.44. The number of halogens is 2. The van der Waals surface area contributed by atoms with Crippen LogP contribution in [0.4, 0.5) is 10.1 Å². The summed E-state index contributed by atoms with van der Waals surface area (Å²) in [4.78, 5) is 28.0. The molecule has 1 fully saturated rings. The van der Waals surface area contributed by atoms with Crippen LogP contribution in [-0.2, 0) is 16.1 Å². The third-order valence-corrected chi connectivity index (χ3v) is 5.06. The predicted molar refractivity (Wildman–Crippen MR) is 106 cm³/mol. The summed E-state index contributed by atoms with van der Waals surface area (Å²) in [5.41, 5.74) is 1.39. The molecule has 1 aliphatic heterocycles. The molecular weight excluding hydrogens is 389 g/mol. The Morgan fingerprint density at radius 3 is 2.44 bits per heavy atom. The highest BCUT2D eigenvalue weighted by molar-refractivity contribution is 7.80. The van der Waals surface area contributed by atoms with Gasteiger partial charge in [0.25, 0.3) is 5.91 Å². The normalized spacial score (nSPS) is 16.8. The monoisotopic (exact) mass is 405 g/mol. The fourth-order valence-corrected chi connectivity index (χ4v) is 3.27. The van der Waals surface area contributed by atoms with E-state index in [4.69, 9.17) is 23.8 Å². The Kier molecular flexibility index (Phi) is 5.72. The smallest absolute Gasteiger partial charge is 0.251 e. The van der Waals surface area contributed by atoms with E-state index in [0.29, 0.717) is 22.4 Å². The van der Waals surface area contributed by atoms with Gasteiger partial charge < -0.3 is 10.2 Å². The topological polar surface area (TPSA) is 52.7 Å². The van der Waals surface area contributed by atoms with E-state index in [1.54, 1.807) is 24.1 Å². The van der Waals surface area contributed by atoms with Crippen LogP contribution in [0.2, 0.25) is 5.02 Å². The third kappa shape index (κ3) is 4.43. The number of rotatable bonds is 5. The highest BCUT2D eigenvalue weighted by Crippen LogP contribution is 2.23. The van der Waals surface area contributed by atoms with Gasteiger partial charge in [-0.05, 0) is 54.2 Å². The van der Waals surface area contributed by atoms with Gasteiger partial charge in [-0.2, -0.15) is 0 Å². The van der Waals surface area contributed by atoms with Crippen molar-refractivity contribution in [3.63, 3.8) is 0 Å². The van der Waals surface area contributed by atoms with Gasteiger partial charge in [0, 0.05) is 24.3 Å². The maximum atomic E-state index is 13.0. The number of benzene rings is 2.